The molecule has 6 nitrogen and oxygen atoms in total. The molecular formula is C18H23ClN4O2. The highest BCUT2D eigenvalue weighted by Crippen LogP contribution is 2.26. The molecule has 0 saturated heterocycles. The van der Waals surface area contributed by atoms with Crippen molar-refractivity contribution >= 4 is 35.0 Å². The van der Waals surface area contributed by atoms with Gasteiger partial charge in [-0.05, 0) is 37.1 Å². The molecule has 0 bridgehead atoms. The fourth-order valence-electron chi connectivity index (χ4n) is 2.45. The molecule has 1 aromatic carbocycles. The Bertz CT molecular complexity index is 718. The van der Waals surface area contributed by atoms with Crippen molar-refractivity contribution in [1.29, 1.82) is 0 Å². The molecule has 0 fully saturated rings. The Labute approximate surface area is 153 Å². The minimum Gasteiger partial charge on any atom is -0.465 e. The third-order valence-corrected chi connectivity index (χ3v) is 3.92. The van der Waals surface area contributed by atoms with Gasteiger partial charge in [-0.3, -0.25) is 0 Å². The number of esters is 1. The molecule has 0 aliphatic carbocycles. The van der Waals surface area contributed by atoms with E-state index in [0.29, 0.717) is 22.2 Å². The van der Waals surface area contributed by atoms with Crippen LogP contribution in [0, 0.1) is 0 Å². The first-order valence-electron chi connectivity index (χ1n) is 8.31. The molecule has 7 heteroatoms. The van der Waals surface area contributed by atoms with Gasteiger partial charge in [0.05, 0.1) is 23.4 Å². The van der Waals surface area contributed by atoms with Crippen molar-refractivity contribution in [2.75, 3.05) is 30.4 Å². The predicted octanol–water partition coefficient (Wildman–Crippen LogP) is 4.29. The zero-order valence-corrected chi connectivity index (χ0v) is 15.5. The summed E-state index contributed by atoms with van der Waals surface area (Å²) in [6.07, 6.45) is 3.79. The summed E-state index contributed by atoms with van der Waals surface area (Å²) >= 11 is 6.22. The Morgan fingerprint density at radius 1 is 1.24 bits per heavy atom. The van der Waals surface area contributed by atoms with Crippen LogP contribution in [0.2, 0.25) is 5.02 Å². The van der Waals surface area contributed by atoms with Crippen LogP contribution in [-0.2, 0) is 4.74 Å². The van der Waals surface area contributed by atoms with E-state index in [1.54, 1.807) is 24.4 Å². The molecule has 0 unspecified atom stereocenters. The fraction of sp³-hybridized carbons (Fsp3) is 0.389. The summed E-state index contributed by atoms with van der Waals surface area (Å²) in [6, 6.07) is 6.77. The summed E-state index contributed by atoms with van der Waals surface area (Å²) in [5, 5.41) is 3.56. The molecule has 0 aliphatic heterocycles. The molecule has 25 heavy (non-hydrogen) atoms. The molecule has 0 saturated carbocycles. The smallest absolute Gasteiger partial charge is 0.337 e. The summed E-state index contributed by atoms with van der Waals surface area (Å²) < 4.78 is 4.74. The van der Waals surface area contributed by atoms with Gasteiger partial charge in [0.1, 0.15) is 5.82 Å². The van der Waals surface area contributed by atoms with Gasteiger partial charge in [0, 0.05) is 19.3 Å². The van der Waals surface area contributed by atoms with Crippen molar-refractivity contribution in [3.63, 3.8) is 0 Å². The van der Waals surface area contributed by atoms with Gasteiger partial charge in [0.25, 0.3) is 0 Å². The van der Waals surface area contributed by atoms with Crippen LogP contribution in [0.4, 0.5) is 17.5 Å². The fourth-order valence-corrected chi connectivity index (χ4v) is 2.62. The number of rotatable bonds is 8. The van der Waals surface area contributed by atoms with E-state index in [1.165, 1.54) is 7.11 Å². The maximum atomic E-state index is 11.7. The third kappa shape index (κ3) is 5.06. The van der Waals surface area contributed by atoms with Gasteiger partial charge in [-0.25, -0.2) is 9.78 Å². The number of halogens is 1. The maximum absolute atomic E-state index is 11.7. The molecule has 2 aromatic rings. The van der Waals surface area contributed by atoms with Crippen LogP contribution in [-0.4, -0.2) is 36.1 Å². The lowest BCUT2D eigenvalue weighted by Crippen LogP contribution is -2.26. The molecule has 2 rings (SSSR count). The van der Waals surface area contributed by atoms with E-state index in [1.807, 2.05) is 6.07 Å². The van der Waals surface area contributed by atoms with Gasteiger partial charge in [0.15, 0.2) is 0 Å². The Morgan fingerprint density at radius 2 is 1.96 bits per heavy atom. The van der Waals surface area contributed by atoms with E-state index in [4.69, 9.17) is 16.3 Å². The van der Waals surface area contributed by atoms with E-state index < -0.39 is 5.97 Å². The Kier molecular flexibility index (Phi) is 7.01. The molecule has 0 atom stereocenters. The van der Waals surface area contributed by atoms with Crippen molar-refractivity contribution in [2.24, 2.45) is 0 Å². The van der Waals surface area contributed by atoms with E-state index in [2.05, 4.69) is 34.0 Å². The first-order valence-corrected chi connectivity index (χ1v) is 8.69. The highest BCUT2D eigenvalue weighted by Gasteiger charge is 2.12. The lowest BCUT2D eigenvalue weighted by Gasteiger charge is -2.22. The predicted molar refractivity (Wildman–Crippen MR) is 101 cm³/mol. The van der Waals surface area contributed by atoms with Gasteiger partial charge in [-0.15, -0.1) is 0 Å². The zero-order valence-electron chi connectivity index (χ0n) is 14.8. The van der Waals surface area contributed by atoms with Gasteiger partial charge < -0.3 is 15.0 Å². The first-order chi connectivity index (χ1) is 12.1. The molecule has 1 heterocycles. The van der Waals surface area contributed by atoms with Crippen molar-refractivity contribution in [1.82, 2.24) is 9.97 Å². The van der Waals surface area contributed by atoms with E-state index in [0.717, 1.165) is 31.7 Å². The Hall–Kier alpha value is -2.34. The average Bonchev–Trinajstić information content (AvgIpc) is 2.63. The quantitative estimate of drug-likeness (QED) is 0.707. The van der Waals surface area contributed by atoms with E-state index in [9.17, 15) is 4.79 Å². The lowest BCUT2D eigenvalue weighted by atomic mass is 10.2. The normalized spacial score (nSPS) is 10.4. The summed E-state index contributed by atoms with van der Waals surface area (Å²) in [5.74, 6) is 0.867. The monoisotopic (exact) mass is 362 g/mol. The molecule has 134 valence electrons. The number of hydrogen-bond donors (Lipinski definition) is 1. The number of nitrogens with zero attached hydrogens (tertiary/aromatic N) is 3. The number of aromatic nitrogens is 2. The highest BCUT2D eigenvalue weighted by molar-refractivity contribution is 6.33. The number of benzene rings is 1. The van der Waals surface area contributed by atoms with Gasteiger partial charge >= 0.3 is 5.97 Å². The average molecular weight is 363 g/mol. The van der Waals surface area contributed by atoms with Crippen LogP contribution < -0.4 is 10.2 Å². The summed E-state index contributed by atoms with van der Waals surface area (Å²) in [6.45, 7) is 6.15. The van der Waals surface area contributed by atoms with Crippen LogP contribution in [0.5, 0.6) is 0 Å². The Balaban J connectivity index is 2.26. The molecule has 0 amide bonds. The number of nitrogens with one attached hydrogen (secondary N) is 1. The Morgan fingerprint density at radius 3 is 2.60 bits per heavy atom. The van der Waals surface area contributed by atoms with E-state index >= 15 is 0 Å². The molecule has 0 spiro atoms. The SMILES string of the molecule is CCCN(CCC)c1ccnc(Nc2cc(C(=O)OC)ccc2Cl)n1. The van der Waals surface area contributed by atoms with Crippen molar-refractivity contribution in [3.8, 4) is 0 Å². The third-order valence-electron chi connectivity index (χ3n) is 3.59. The van der Waals surface area contributed by atoms with E-state index in [-0.39, 0.29) is 0 Å². The van der Waals surface area contributed by atoms with Gasteiger partial charge in [-0.2, -0.15) is 4.98 Å². The number of ether oxygens (including phenoxy) is 1. The first kappa shape index (κ1) is 19.0. The summed E-state index contributed by atoms with van der Waals surface area (Å²) in [5.41, 5.74) is 0.961. The highest BCUT2D eigenvalue weighted by atomic mass is 35.5. The molecule has 1 aromatic heterocycles. The zero-order chi connectivity index (χ0) is 18.2. The number of hydrogen-bond acceptors (Lipinski definition) is 6. The number of carbonyl (C=O) groups excluding carboxylic acids is 1. The maximum Gasteiger partial charge on any atom is 0.337 e. The van der Waals surface area contributed by atoms with Crippen molar-refractivity contribution < 1.29 is 9.53 Å². The molecular weight excluding hydrogens is 340 g/mol. The van der Waals surface area contributed by atoms with Crippen LogP contribution in [0.1, 0.15) is 37.0 Å². The topological polar surface area (TPSA) is 67.4 Å². The minimum atomic E-state index is -0.425. The minimum absolute atomic E-state index is 0.407. The molecule has 0 aliphatic rings. The second kappa shape index (κ2) is 9.22. The second-order valence-electron chi connectivity index (χ2n) is 5.54. The van der Waals surface area contributed by atoms with Crippen LogP contribution >= 0.6 is 11.6 Å². The van der Waals surface area contributed by atoms with Gasteiger partial charge in [-0.1, -0.05) is 25.4 Å². The van der Waals surface area contributed by atoms with Crippen LogP contribution in [0.25, 0.3) is 0 Å². The second-order valence-corrected chi connectivity index (χ2v) is 5.94. The van der Waals surface area contributed by atoms with Crippen LogP contribution in [0.3, 0.4) is 0 Å². The summed E-state index contributed by atoms with van der Waals surface area (Å²) in [4.78, 5) is 22.7. The lowest BCUT2D eigenvalue weighted by molar-refractivity contribution is 0.0601. The van der Waals surface area contributed by atoms with Crippen LogP contribution in [0.15, 0.2) is 30.5 Å². The summed E-state index contributed by atoms with van der Waals surface area (Å²) in [7, 11) is 1.34. The largest absolute Gasteiger partial charge is 0.465 e. The number of methoxy groups -OCH3 is 1. The van der Waals surface area contributed by atoms with Crippen molar-refractivity contribution in [3.05, 3.63) is 41.0 Å². The number of anilines is 3. The van der Waals surface area contributed by atoms with Gasteiger partial charge in [0.2, 0.25) is 5.95 Å². The van der Waals surface area contributed by atoms with Crippen molar-refractivity contribution in [2.45, 2.75) is 26.7 Å². The molecule has 0 radical (unpaired) electrons. The number of carbonyl (C=O) groups is 1. The standard InChI is InChI=1S/C18H23ClN4O2/c1-4-10-23(11-5-2)16-8-9-20-18(22-16)21-15-12-13(17(24)25-3)6-7-14(15)19/h6-9,12H,4-5,10-11H2,1-3H3,(H,20,21,22). The molecule has 1 N–H and O–H groups in total.